The van der Waals surface area contributed by atoms with Crippen LogP contribution in [0.4, 0.5) is 0 Å². The van der Waals surface area contributed by atoms with Crippen molar-refractivity contribution in [1.82, 2.24) is 15.2 Å². The molecule has 5 heteroatoms. The third-order valence-corrected chi connectivity index (χ3v) is 3.55. The highest BCUT2D eigenvalue weighted by molar-refractivity contribution is 6.20. The summed E-state index contributed by atoms with van der Waals surface area (Å²) in [6.07, 6.45) is 4.88. The van der Waals surface area contributed by atoms with Crippen LogP contribution in [0.3, 0.4) is 0 Å². The van der Waals surface area contributed by atoms with Crippen molar-refractivity contribution in [3.63, 3.8) is 0 Å². The lowest BCUT2D eigenvalue weighted by atomic mass is 10.0. The molecule has 1 fully saturated rings. The molecule has 0 radical (unpaired) electrons. The lowest BCUT2D eigenvalue weighted by molar-refractivity contribution is 0.0631. The summed E-state index contributed by atoms with van der Waals surface area (Å²) >= 11 is 0. The Morgan fingerprint density at radius 1 is 1.33 bits per heavy atom. The van der Waals surface area contributed by atoms with Crippen molar-refractivity contribution >= 4 is 11.8 Å². The molecule has 0 spiro atoms. The SMILES string of the molecule is O=C1c2cccnc2C(=O)N1CC1CCCCN1. The number of nitrogens with zero attached hydrogens (tertiary/aromatic N) is 2. The van der Waals surface area contributed by atoms with Crippen LogP contribution in [0.2, 0.25) is 0 Å². The maximum absolute atomic E-state index is 12.1. The van der Waals surface area contributed by atoms with E-state index >= 15 is 0 Å². The fraction of sp³-hybridized carbons (Fsp3) is 0.462. The van der Waals surface area contributed by atoms with Crippen molar-refractivity contribution in [1.29, 1.82) is 0 Å². The van der Waals surface area contributed by atoms with Gasteiger partial charge < -0.3 is 5.32 Å². The average Bonchev–Trinajstić information content (AvgIpc) is 2.66. The molecule has 18 heavy (non-hydrogen) atoms. The number of piperidine rings is 1. The van der Waals surface area contributed by atoms with Gasteiger partial charge in [0.2, 0.25) is 0 Å². The van der Waals surface area contributed by atoms with E-state index in [0.717, 1.165) is 19.4 Å². The molecule has 1 saturated heterocycles. The average molecular weight is 245 g/mol. The number of amides is 2. The van der Waals surface area contributed by atoms with E-state index in [1.165, 1.54) is 11.3 Å². The van der Waals surface area contributed by atoms with Gasteiger partial charge in [-0.15, -0.1) is 0 Å². The van der Waals surface area contributed by atoms with Gasteiger partial charge in [-0.05, 0) is 31.5 Å². The Hall–Kier alpha value is -1.75. The first-order valence-electron chi connectivity index (χ1n) is 6.32. The van der Waals surface area contributed by atoms with E-state index in [9.17, 15) is 9.59 Å². The molecule has 0 saturated carbocycles. The largest absolute Gasteiger partial charge is 0.312 e. The van der Waals surface area contributed by atoms with Crippen molar-refractivity contribution in [3.05, 3.63) is 29.6 Å². The predicted octanol–water partition coefficient (Wildman–Crippen LogP) is 0.820. The summed E-state index contributed by atoms with van der Waals surface area (Å²) in [5.74, 6) is -0.474. The number of aromatic nitrogens is 1. The maximum atomic E-state index is 12.1. The van der Waals surface area contributed by atoms with Crippen LogP contribution in [0.1, 0.15) is 40.1 Å². The van der Waals surface area contributed by atoms with Gasteiger partial charge in [0, 0.05) is 18.8 Å². The van der Waals surface area contributed by atoms with E-state index in [-0.39, 0.29) is 17.9 Å². The summed E-state index contributed by atoms with van der Waals surface area (Å²) in [5.41, 5.74) is 0.719. The molecule has 3 heterocycles. The van der Waals surface area contributed by atoms with Crippen LogP contribution < -0.4 is 5.32 Å². The van der Waals surface area contributed by atoms with E-state index in [1.807, 2.05) is 0 Å². The fourth-order valence-corrected chi connectivity index (χ4v) is 2.58. The molecule has 1 aromatic rings. The molecular weight excluding hydrogens is 230 g/mol. The highest BCUT2D eigenvalue weighted by Gasteiger charge is 2.37. The van der Waals surface area contributed by atoms with Gasteiger partial charge in [-0.1, -0.05) is 6.42 Å². The molecule has 2 aliphatic heterocycles. The standard InChI is InChI=1S/C13H15N3O2/c17-12-10-5-3-7-15-11(10)13(18)16(12)8-9-4-1-2-6-14-9/h3,5,7,9,14H,1-2,4,6,8H2. The van der Waals surface area contributed by atoms with Crippen LogP contribution in [0.5, 0.6) is 0 Å². The molecular formula is C13H15N3O2. The second-order valence-corrected chi connectivity index (χ2v) is 4.77. The summed E-state index contributed by atoms with van der Waals surface area (Å²) in [6.45, 7) is 1.42. The molecule has 1 unspecified atom stereocenters. The molecule has 2 amide bonds. The lowest BCUT2D eigenvalue weighted by Gasteiger charge is -2.26. The monoisotopic (exact) mass is 245 g/mol. The molecule has 0 bridgehead atoms. The summed E-state index contributed by atoms with van der Waals surface area (Å²) in [7, 11) is 0. The second kappa shape index (κ2) is 4.49. The molecule has 94 valence electrons. The second-order valence-electron chi connectivity index (χ2n) is 4.77. The molecule has 3 rings (SSSR count). The van der Waals surface area contributed by atoms with E-state index in [0.29, 0.717) is 17.8 Å². The van der Waals surface area contributed by atoms with Gasteiger partial charge in [-0.25, -0.2) is 0 Å². The van der Waals surface area contributed by atoms with Crippen LogP contribution >= 0.6 is 0 Å². The van der Waals surface area contributed by atoms with E-state index < -0.39 is 0 Å². The van der Waals surface area contributed by atoms with Gasteiger partial charge in [-0.3, -0.25) is 19.5 Å². The van der Waals surface area contributed by atoms with Crippen LogP contribution in [0, 0.1) is 0 Å². The van der Waals surface area contributed by atoms with Gasteiger partial charge in [0.05, 0.1) is 5.56 Å². The molecule has 1 atom stereocenters. The number of carbonyl (C=O) groups excluding carboxylic acids is 2. The number of hydrogen-bond acceptors (Lipinski definition) is 4. The minimum absolute atomic E-state index is 0.213. The van der Waals surface area contributed by atoms with Crippen molar-refractivity contribution in [2.45, 2.75) is 25.3 Å². The molecule has 0 aromatic carbocycles. The third-order valence-electron chi connectivity index (χ3n) is 3.55. The summed E-state index contributed by atoms with van der Waals surface area (Å²) in [4.78, 5) is 29.5. The Bertz CT molecular complexity index is 460. The molecule has 2 aliphatic rings. The number of rotatable bonds is 2. The third kappa shape index (κ3) is 1.80. The van der Waals surface area contributed by atoms with Gasteiger partial charge >= 0.3 is 0 Å². The van der Waals surface area contributed by atoms with Crippen molar-refractivity contribution < 1.29 is 9.59 Å². The summed E-state index contributed by atoms with van der Waals surface area (Å²) < 4.78 is 0. The van der Waals surface area contributed by atoms with E-state index in [2.05, 4.69) is 10.3 Å². The van der Waals surface area contributed by atoms with Crippen molar-refractivity contribution in [2.24, 2.45) is 0 Å². The Morgan fingerprint density at radius 2 is 2.22 bits per heavy atom. The van der Waals surface area contributed by atoms with Gasteiger partial charge in [0.25, 0.3) is 11.8 Å². The van der Waals surface area contributed by atoms with Crippen molar-refractivity contribution in [2.75, 3.05) is 13.1 Å². The van der Waals surface area contributed by atoms with Crippen LogP contribution in [-0.4, -0.2) is 40.8 Å². The Morgan fingerprint density at radius 3 is 2.94 bits per heavy atom. The molecule has 1 N–H and O–H groups in total. The Balaban J connectivity index is 1.79. The van der Waals surface area contributed by atoms with Crippen LogP contribution in [-0.2, 0) is 0 Å². The van der Waals surface area contributed by atoms with Gasteiger partial charge in [0.1, 0.15) is 5.69 Å². The quantitative estimate of drug-likeness (QED) is 0.784. The number of imide groups is 1. The highest BCUT2D eigenvalue weighted by atomic mass is 16.2. The number of carbonyl (C=O) groups is 2. The molecule has 5 nitrogen and oxygen atoms in total. The number of fused-ring (bicyclic) bond motifs is 1. The molecule has 1 aromatic heterocycles. The first-order chi connectivity index (χ1) is 8.77. The van der Waals surface area contributed by atoms with E-state index in [4.69, 9.17) is 0 Å². The number of nitrogens with one attached hydrogen (secondary N) is 1. The van der Waals surface area contributed by atoms with Crippen molar-refractivity contribution in [3.8, 4) is 0 Å². The summed E-state index contributed by atoms with van der Waals surface area (Å²) in [6, 6.07) is 3.57. The normalized spacial score (nSPS) is 23.3. The van der Waals surface area contributed by atoms with E-state index in [1.54, 1.807) is 18.3 Å². The predicted molar refractivity (Wildman–Crippen MR) is 65.2 cm³/mol. The Kier molecular flexibility index (Phi) is 2.83. The Labute approximate surface area is 105 Å². The zero-order valence-corrected chi connectivity index (χ0v) is 10.1. The first kappa shape index (κ1) is 11.3. The number of hydrogen-bond donors (Lipinski definition) is 1. The highest BCUT2D eigenvalue weighted by Crippen LogP contribution is 2.21. The zero-order chi connectivity index (χ0) is 12.5. The van der Waals surface area contributed by atoms with Gasteiger partial charge in [-0.2, -0.15) is 0 Å². The minimum atomic E-state index is -0.261. The molecule has 0 aliphatic carbocycles. The maximum Gasteiger partial charge on any atom is 0.280 e. The minimum Gasteiger partial charge on any atom is -0.312 e. The summed E-state index contributed by atoms with van der Waals surface area (Å²) in [5, 5.41) is 3.35. The lowest BCUT2D eigenvalue weighted by Crippen LogP contribution is -2.45. The smallest absolute Gasteiger partial charge is 0.280 e. The fourth-order valence-electron chi connectivity index (χ4n) is 2.58. The topological polar surface area (TPSA) is 62.3 Å². The van der Waals surface area contributed by atoms with Crippen LogP contribution in [0.15, 0.2) is 18.3 Å². The first-order valence-corrected chi connectivity index (χ1v) is 6.32. The number of pyridine rings is 1. The van der Waals surface area contributed by atoms with Gasteiger partial charge in [0.15, 0.2) is 0 Å². The van der Waals surface area contributed by atoms with Crippen LogP contribution in [0.25, 0.3) is 0 Å². The zero-order valence-electron chi connectivity index (χ0n) is 10.1.